The first kappa shape index (κ1) is 17.9. The molecular weight excluding hydrogens is 360 g/mol. The van der Waals surface area contributed by atoms with Gasteiger partial charge < -0.3 is 10.7 Å². The maximum Gasteiger partial charge on any atom is 0.116 e. The molecule has 0 radical (unpaired) electrons. The van der Waals surface area contributed by atoms with Crippen LogP contribution < -0.4 is 5.73 Å². The number of aromatic amines is 2. The summed E-state index contributed by atoms with van der Waals surface area (Å²) in [6, 6.07) is 16.6. The Hall–Kier alpha value is -3.14. The van der Waals surface area contributed by atoms with Crippen molar-refractivity contribution in [1.29, 1.82) is 5.26 Å². The van der Waals surface area contributed by atoms with Crippen molar-refractivity contribution in [2.24, 2.45) is 11.7 Å². The fourth-order valence-corrected chi connectivity index (χ4v) is 4.34. The molecule has 0 unspecified atom stereocenters. The fourth-order valence-electron chi connectivity index (χ4n) is 4.34. The zero-order valence-electron chi connectivity index (χ0n) is 16.3. The third kappa shape index (κ3) is 3.39. The molecule has 0 atom stereocenters. The first-order valence-electron chi connectivity index (χ1n) is 10.2. The number of likely N-dealkylation sites (tertiary alicyclic amines) is 1. The van der Waals surface area contributed by atoms with E-state index < -0.39 is 0 Å². The van der Waals surface area contributed by atoms with Crippen LogP contribution in [-0.4, -0.2) is 39.7 Å². The van der Waals surface area contributed by atoms with Crippen LogP contribution >= 0.6 is 0 Å². The molecule has 0 spiro atoms. The summed E-state index contributed by atoms with van der Waals surface area (Å²) >= 11 is 0. The molecule has 6 heteroatoms. The van der Waals surface area contributed by atoms with Crippen LogP contribution in [0.1, 0.15) is 24.0 Å². The molecule has 0 saturated carbocycles. The second-order valence-corrected chi connectivity index (χ2v) is 8.00. The van der Waals surface area contributed by atoms with Crippen LogP contribution in [0, 0.1) is 17.2 Å². The largest absolute Gasteiger partial charge is 0.353 e. The number of H-pyrrole nitrogens is 2. The second kappa shape index (κ2) is 7.36. The maximum atomic E-state index is 9.09. The smallest absolute Gasteiger partial charge is 0.116 e. The monoisotopic (exact) mass is 384 g/mol. The minimum absolute atomic E-state index is 0.629. The first-order valence-corrected chi connectivity index (χ1v) is 10.2. The van der Waals surface area contributed by atoms with Crippen molar-refractivity contribution < 1.29 is 0 Å². The molecular formula is C23H24N6. The molecule has 1 fully saturated rings. The first-order chi connectivity index (χ1) is 14.2. The van der Waals surface area contributed by atoms with E-state index in [-0.39, 0.29) is 0 Å². The molecule has 2 aromatic heterocycles. The van der Waals surface area contributed by atoms with Crippen molar-refractivity contribution in [3.8, 4) is 17.5 Å². The number of benzene rings is 2. The molecule has 1 aliphatic heterocycles. The number of nitriles is 1. The van der Waals surface area contributed by atoms with Gasteiger partial charge in [-0.05, 0) is 80.4 Å². The SMILES string of the molecule is N#Cc1ccc2c(-c3cc4cc(CN5CCC(CN)CC5)ccc4[nH]3)n[nH]c2c1. The van der Waals surface area contributed by atoms with Gasteiger partial charge in [-0.15, -0.1) is 0 Å². The van der Waals surface area contributed by atoms with Gasteiger partial charge in [-0.3, -0.25) is 10.00 Å². The Morgan fingerprint density at radius 3 is 2.76 bits per heavy atom. The van der Waals surface area contributed by atoms with E-state index in [1.165, 1.54) is 23.8 Å². The van der Waals surface area contributed by atoms with Gasteiger partial charge in [0.05, 0.1) is 22.8 Å². The molecule has 0 bridgehead atoms. The summed E-state index contributed by atoms with van der Waals surface area (Å²) in [5, 5.41) is 18.8. The zero-order chi connectivity index (χ0) is 19.8. The lowest BCUT2D eigenvalue weighted by molar-refractivity contribution is 0.180. The van der Waals surface area contributed by atoms with Crippen LogP contribution in [0.2, 0.25) is 0 Å². The summed E-state index contributed by atoms with van der Waals surface area (Å²) in [5.41, 5.74) is 11.6. The number of fused-ring (bicyclic) bond motifs is 2. The molecule has 1 saturated heterocycles. The molecule has 1 aliphatic rings. The third-order valence-electron chi connectivity index (χ3n) is 6.08. The van der Waals surface area contributed by atoms with Crippen LogP contribution in [0.3, 0.4) is 0 Å². The minimum atomic E-state index is 0.629. The van der Waals surface area contributed by atoms with Crippen molar-refractivity contribution in [3.63, 3.8) is 0 Å². The maximum absolute atomic E-state index is 9.09. The van der Waals surface area contributed by atoms with E-state index in [2.05, 4.69) is 50.4 Å². The second-order valence-electron chi connectivity index (χ2n) is 8.00. The van der Waals surface area contributed by atoms with Crippen LogP contribution in [0.4, 0.5) is 0 Å². The molecule has 29 heavy (non-hydrogen) atoms. The number of aromatic nitrogens is 3. The van der Waals surface area contributed by atoms with Crippen molar-refractivity contribution in [2.45, 2.75) is 19.4 Å². The van der Waals surface area contributed by atoms with Gasteiger partial charge >= 0.3 is 0 Å². The summed E-state index contributed by atoms with van der Waals surface area (Å²) in [6.45, 7) is 4.05. The number of hydrogen-bond donors (Lipinski definition) is 3. The Kier molecular flexibility index (Phi) is 4.55. The number of nitrogens with one attached hydrogen (secondary N) is 2. The Morgan fingerprint density at radius 2 is 1.97 bits per heavy atom. The molecule has 4 aromatic rings. The summed E-state index contributed by atoms with van der Waals surface area (Å²) < 4.78 is 0. The standard InChI is InChI=1S/C23H24N6/c24-12-15-5-7-29(8-6-15)14-17-2-4-20-18(9-17)11-22(26-20)23-19-3-1-16(13-25)10-21(19)27-28-23/h1-4,9-11,15,26H,5-8,12,14,24H2,(H,27,28). The normalized spacial score (nSPS) is 15.9. The van der Waals surface area contributed by atoms with E-state index in [9.17, 15) is 0 Å². The Morgan fingerprint density at radius 1 is 1.10 bits per heavy atom. The van der Waals surface area contributed by atoms with Crippen molar-refractivity contribution >= 4 is 21.8 Å². The Labute approximate surface area is 169 Å². The van der Waals surface area contributed by atoms with E-state index in [4.69, 9.17) is 11.0 Å². The number of piperidine rings is 1. The van der Waals surface area contributed by atoms with E-state index >= 15 is 0 Å². The molecule has 0 aliphatic carbocycles. The van der Waals surface area contributed by atoms with Crippen molar-refractivity contribution in [2.75, 3.05) is 19.6 Å². The number of nitrogens with zero attached hydrogens (tertiary/aromatic N) is 3. The van der Waals surface area contributed by atoms with Gasteiger partial charge in [-0.1, -0.05) is 6.07 Å². The molecule has 146 valence electrons. The van der Waals surface area contributed by atoms with E-state index in [0.717, 1.165) is 54.0 Å². The van der Waals surface area contributed by atoms with Crippen LogP contribution in [0.5, 0.6) is 0 Å². The van der Waals surface area contributed by atoms with Gasteiger partial charge in [-0.2, -0.15) is 10.4 Å². The highest BCUT2D eigenvalue weighted by atomic mass is 15.1. The predicted octanol–water partition coefficient (Wildman–Crippen LogP) is 3.75. The van der Waals surface area contributed by atoms with Gasteiger partial charge in [0.2, 0.25) is 0 Å². The van der Waals surface area contributed by atoms with Gasteiger partial charge in [0.25, 0.3) is 0 Å². The number of hydrogen-bond acceptors (Lipinski definition) is 4. The van der Waals surface area contributed by atoms with E-state index in [1.807, 2.05) is 18.2 Å². The highest BCUT2D eigenvalue weighted by Gasteiger charge is 2.18. The zero-order valence-corrected chi connectivity index (χ0v) is 16.3. The lowest BCUT2D eigenvalue weighted by Crippen LogP contribution is -2.35. The predicted molar refractivity (Wildman–Crippen MR) is 115 cm³/mol. The van der Waals surface area contributed by atoms with Crippen molar-refractivity contribution in [1.82, 2.24) is 20.1 Å². The van der Waals surface area contributed by atoms with Crippen LogP contribution in [0.25, 0.3) is 33.2 Å². The van der Waals surface area contributed by atoms with Crippen molar-refractivity contribution in [3.05, 3.63) is 53.6 Å². The fraction of sp³-hybridized carbons (Fsp3) is 0.304. The highest BCUT2D eigenvalue weighted by Crippen LogP contribution is 2.30. The lowest BCUT2D eigenvalue weighted by Gasteiger charge is -2.31. The summed E-state index contributed by atoms with van der Waals surface area (Å²) in [6.07, 6.45) is 2.40. The summed E-state index contributed by atoms with van der Waals surface area (Å²) in [4.78, 5) is 6.01. The lowest BCUT2D eigenvalue weighted by atomic mass is 9.97. The van der Waals surface area contributed by atoms with Gasteiger partial charge in [-0.25, -0.2) is 0 Å². The quantitative estimate of drug-likeness (QED) is 0.499. The van der Waals surface area contributed by atoms with Crippen LogP contribution in [0.15, 0.2) is 42.5 Å². The Bertz CT molecular complexity index is 1200. The average molecular weight is 384 g/mol. The molecule has 2 aromatic carbocycles. The van der Waals surface area contributed by atoms with Gasteiger partial charge in [0.1, 0.15) is 5.69 Å². The summed E-state index contributed by atoms with van der Waals surface area (Å²) in [5.74, 6) is 0.689. The molecule has 3 heterocycles. The molecule has 6 nitrogen and oxygen atoms in total. The average Bonchev–Trinajstić information content (AvgIpc) is 3.37. The molecule has 5 rings (SSSR count). The van der Waals surface area contributed by atoms with Crippen LogP contribution in [-0.2, 0) is 6.54 Å². The third-order valence-corrected chi connectivity index (χ3v) is 6.08. The highest BCUT2D eigenvalue weighted by molar-refractivity contribution is 5.96. The summed E-state index contributed by atoms with van der Waals surface area (Å²) in [7, 11) is 0. The van der Waals surface area contributed by atoms with E-state index in [1.54, 1.807) is 0 Å². The number of nitrogens with two attached hydrogens (primary N) is 1. The topological polar surface area (TPSA) is 97.5 Å². The minimum Gasteiger partial charge on any atom is -0.353 e. The van der Waals surface area contributed by atoms with Gasteiger partial charge in [0.15, 0.2) is 0 Å². The molecule has 0 amide bonds. The van der Waals surface area contributed by atoms with E-state index in [0.29, 0.717) is 11.5 Å². The number of rotatable bonds is 4. The molecule has 4 N–H and O–H groups in total. The Balaban J connectivity index is 1.41. The van der Waals surface area contributed by atoms with Gasteiger partial charge in [0, 0.05) is 22.8 Å².